The van der Waals surface area contributed by atoms with E-state index in [4.69, 9.17) is 17.3 Å². The van der Waals surface area contributed by atoms with Crippen LogP contribution in [0, 0.1) is 5.82 Å². The maximum absolute atomic E-state index is 13.0. The van der Waals surface area contributed by atoms with Gasteiger partial charge in [0.2, 0.25) is 0 Å². The molecule has 0 radical (unpaired) electrons. The molecule has 3 nitrogen and oxygen atoms in total. The van der Waals surface area contributed by atoms with Crippen LogP contribution in [0.1, 0.15) is 5.56 Å². The first-order chi connectivity index (χ1) is 8.97. The minimum absolute atomic E-state index is 0.00397. The highest BCUT2D eigenvalue weighted by molar-refractivity contribution is 6.31. The summed E-state index contributed by atoms with van der Waals surface area (Å²) in [6.07, 6.45) is 0.669. The molecule has 0 spiro atoms. The highest BCUT2D eigenvalue weighted by atomic mass is 35.5. The molecule has 1 aliphatic rings. The Morgan fingerprint density at radius 2 is 2.16 bits per heavy atom. The van der Waals surface area contributed by atoms with Gasteiger partial charge >= 0.3 is 0 Å². The number of nitrogens with zero attached hydrogens (tertiary/aromatic N) is 2. The van der Waals surface area contributed by atoms with Gasteiger partial charge < -0.3 is 10.6 Å². The van der Waals surface area contributed by atoms with Gasteiger partial charge in [0.05, 0.1) is 0 Å². The molecule has 1 aromatic carbocycles. The van der Waals surface area contributed by atoms with Crippen LogP contribution < -0.4 is 5.73 Å². The van der Waals surface area contributed by atoms with Crippen molar-refractivity contribution in [3.63, 3.8) is 0 Å². The van der Waals surface area contributed by atoms with Crippen LogP contribution in [0.2, 0.25) is 5.02 Å². The number of benzene rings is 1. The zero-order valence-corrected chi connectivity index (χ0v) is 12.2. The highest BCUT2D eigenvalue weighted by Crippen LogP contribution is 2.20. The van der Waals surface area contributed by atoms with Crippen LogP contribution in [-0.4, -0.2) is 55.6 Å². The van der Waals surface area contributed by atoms with E-state index in [2.05, 4.69) is 23.9 Å². The van der Waals surface area contributed by atoms with Crippen molar-refractivity contribution in [2.45, 2.75) is 18.5 Å². The molecule has 2 N–H and O–H groups in total. The van der Waals surface area contributed by atoms with Crippen LogP contribution in [0.25, 0.3) is 0 Å². The molecule has 5 heteroatoms. The van der Waals surface area contributed by atoms with E-state index < -0.39 is 0 Å². The second-order valence-electron chi connectivity index (χ2n) is 5.41. The Bertz CT molecular complexity index is 441. The lowest BCUT2D eigenvalue weighted by molar-refractivity contribution is 0.0973. The van der Waals surface area contributed by atoms with Gasteiger partial charge in [-0.1, -0.05) is 17.7 Å². The minimum atomic E-state index is -0.308. The number of hydrogen-bond donors (Lipinski definition) is 1. The van der Waals surface area contributed by atoms with Crippen molar-refractivity contribution in [3.8, 4) is 0 Å². The third kappa shape index (κ3) is 3.66. The van der Waals surface area contributed by atoms with Crippen LogP contribution in [0.3, 0.4) is 0 Å². The lowest BCUT2D eigenvalue weighted by Gasteiger charge is -2.40. The predicted molar refractivity (Wildman–Crippen MR) is 77.0 cm³/mol. The van der Waals surface area contributed by atoms with Crippen molar-refractivity contribution < 1.29 is 4.39 Å². The zero-order valence-electron chi connectivity index (χ0n) is 11.4. The quantitative estimate of drug-likeness (QED) is 0.916. The van der Waals surface area contributed by atoms with Crippen LogP contribution >= 0.6 is 11.6 Å². The molecule has 2 rings (SSSR count). The van der Waals surface area contributed by atoms with Crippen LogP contribution in [0.5, 0.6) is 0 Å². The average Bonchev–Trinajstić information content (AvgIpc) is 2.35. The number of halogens is 2. The molecule has 0 amide bonds. The van der Waals surface area contributed by atoms with Crippen molar-refractivity contribution in [3.05, 3.63) is 34.6 Å². The second kappa shape index (κ2) is 6.18. The van der Waals surface area contributed by atoms with Crippen molar-refractivity contribution in [1.82, 2.24) is 9.80 Å². The molecular formula is C14H21ClFN3. The minimum Gasteiger partial charge on any atom is -0.326 e. The summed E-state index contributed by atoms with van der Waals surface area (Å²) < 4.78 is 13.0. The molecule has 1 saturated heterocycles. The van der Waals surface area contributed by atoms with E-state index in [0.29, 0.717) is 17.5 Å². The SMILES string of the molecule is CN1CCN(C)C(C(N)Cc2ccc(F)cc2Cl)C1. The number of likely N-dealkylation sites (N-methyl/N-ethyl adjacent to an activating group) is 2. The molecule has 1 aliphatic heterocycles. The third-order valence-electron chi connectivity index (χ3n) is 3.86. The summed E-state index contributed by atoms with van der Waals surface area (Å²) >= 11 is 6.06. The largest absolute Gasteiger partial charge is 0.326 e. The van der Waals surface area contributed by atoms with Gasteiger partial charge in [0.1, 0.15) is 5.82 Å². The molecular weight excluding hydrogens is 265 g/mol. The van der Waals surface area contributed by atoms with E-state index in [1.165, 1.54) is 12.1 Å². The van der Waals surface area contributed by atoms with Crippen molar-refractivity contribution in [2.24, 2.45) is 5.73 Å². The Morgan fingerprint density at radius 3 is 2.84 bits per heavy atom. The van der Waals surface area contributed by atoms with E-state index in [1.54, 1.807) is 6.07 Å². The molecule has 2 atom stereocenters. The first-order valence-electron chi connectivity index (χ1n) is 6.55. The molecule has 1 fully saturated rings. The van der Waals surface area contributed by atoms with Crippen molar-refractivity contribution in [2.75, 3.05) is 33.7 Å². The Morgan fingerprint density at radius 1 is 1.42 bits per heavy atom. The second-order valence-corrected chi connectivity index (χ2v) is 5.82. The van der Waals surface area contributed by atoms with Gasteiger partial charge in [0.15, 0.2) is 0 Å². The zero-order chi connectivity index (χ0) is 14.0. The molecule has 1 aromatic rings. The van der Waals surface area contributed by atoms with E-state index in [9.17, 15) is 4.39 Å². The van der Waals surface area contributed by atoms with Gasteiger partial charge in [-0.3, -0.25) is 4.90 Å². The van der Waals surface area contributed by atoms with Crippen molar-refractivity contribution in [1.29, 1.82) is 0 Å². The Labute approximate surface area is 119 Å². The van der Waals surface area contributed by atoms with E-state index in [1.807, 2.05) is 0 Å². The van der Waals surface area contributed by atoms with E-state index >= 15 is 0 Å². The predicted octanol–water partition coefficient (Wildman–Crippen LogP) is 1.59. The van der Waals surface area contributed by atoms with Crippen LogP contribution in [0.4, 0.5) is 4.39 Å². The number of piperazine rings is 1. The molecule has 19 heavy (non-hydrogen) atoms. The summed E-state index contributed by atoms with van der Waals surface area (Å²) in [6.45, 7) is 3.04. The number of rotatable bonds is 3. The number of hydrogen-bond acceptors (Lipinski definition) is 3. The van der Waals surface area contributed by atoms with Crippen molar-refractivity contribution >= 4 is 11.6 Å². The Hall–Kier alpha value is -0.680. The normalized spacial score (nSPS) is 23.5. The van der Waals surface area contributed by atoms with Gasteiger partial charge in [0.25, 0.3) is 0 Å². The molecule has 1 heterocycles. The average molecular weight is 286 g/mol. The summed E-state index contributed by atoms with van der Waals surface area (Å²) in [7, 11) is 4.21. The lowest BCUT2D eigenvalue weighted by atomic mass is 9.97. The summed E-state index contributed by atoms with van der Waals surface area (Å²) in [4.78, 5) is 4.58. The Balaban J connectivity index is 2.05. The maximum Gasteiger partial charge on any atom is 0.124 e. The van der Waals surface area contributed by atoms with Gasteiger partial charge in [-0.25, -0.2) is 4.39 Å². The molecule has 0 aromatic heterocycles. The highest BCUT2D eigenvalue weighted by Gasteiger charge is 2.27. The Kier molecular flexibility index (Phi) is 4.79. The smallest absolute Gasteiger partial charge is 0.124 e. The topological polar surface area (TPSA) is 32.5 Å². The van der Waals surface area contributed by atoms with Gasteiger partial charge in [-0.05, 0) is 38.2 Å². The number of nitrogens with two attached hydrogens (primary N) is 1. The monoisotopic (exact) mass is 285 g/mol. The summed E-state index contributed by atoms with van der Waals surface area (Å²) in [5.41, 5.74) is 7.23. The van der Waals surface area contributed by atoms with Gasteiger partial charge in [-0.2, -0.15) is 0 Å². The third-order valence-corrected chi connectivity index (χ3v) is 4.22. The maximum atomic E-state index is 13.0. The summed E-state index contributed by atoms with van der Waals surface area (Å²) in [5, 5.41) is 0.460. The van der Waals surface area contributed by atoms with E-state index in [0.717, 1.165) is 25.2 Å². The van der Waals surface area contributed by atoms with E-state index in [-0.39, 0.29) is 11.9 Å². The molecule has 2 unspecified atom stereocenters. The molecule has 0 bridgehead atoms. The van der Waals surface area contributed by atoms with Crippen LogP contribution in [0.15, 0.2) is 18.2 Å². The summed E-state index contributed by atoms with van der Waals surface area (Å²) in [6, 6.07) is 4.81. The fraction of sp³-hybridized carbons (Fsp3) is 0.571. The first-order valence-corrected chi connectivity index (χ1v) is 6.93. The van der Waals surface area contributed by atoms with Crippen LogP contribution in [-0.2, 0) is 6.42 Å². The summed E-state index contributed by atoms with van der Waals surface area (Å²) in [5.74, 6) is -0.308. The molecule has 0 aliphatic carbocycles. The first kappa shape index (κ1) is 14.7. The lowest BCUT2D eigenvalue weighted by Crippen LogP contribution is -2.58. The van der Waals surface area contributed by atoms with Gasteiger partial charge in [-0.15, -0.1) is 0 Å². The standard InChI is InChI=1S/C14H21ClFN3/c1-18-5-6-19(2)14(9-18)13(17)7-10-3-4-11(16)8-12(10)15/h3-4,8,13-14H,5-7,9,17H2,1-2H3. The fourth-order valence-corrected chi connectivity index (χ4v) is 2.83. The molecule has 0 saturated carbocycles. The fourth-order valence-electron chi connectivity index (χ4n) is 2.58. The van der Waals surface area contributed by atoms with Gasteiger partial charge in [0, 0.05) is 36.7 Å². The molecule has 106 valence electrons.